The van der Waals surface area contributed by atoms with Crippen molar-refractivity contribution in [3.8, 4) is 0 Å². The Labute approximate surface area is 177 Å². The second-order valence-electron chi connectivity index (χ2n) is 9.14. The van der Waals surface area contributed by atoms with Crippen molar-refractivity contribution in [1.29, 1.82) is 0 Å². The van der Waals surface area contributed by atoms with Gasteiger partial charge in [-0.2, -0.15) is 0 Å². The van der Waals surface area contributed by atoms with E-state index in [1.165, 1.54) is 19.3 Å². The van der Waals surface area contributed by atoms with Crippen LogP contribution >= 0.6 is 0 Å². The number of hydrogen-bond acceptors (Lipinski definition) is 4. The highest BCUT2D eigenvalue weighted by atomic mass is 16.5. The van der Waals surface area contributed by atoms with E-state index < -0.39 is 0 Å². The summed E-state index contributed by atoms with van der Waals surface area (Å²) >= 11 is 0. The van der Waals surface area contributed by atoms with Crippen LogP contribution in [0.25, 0.3) is 10.9 Å². The molecule has 1 saturated carbocycles. The minimum Gasteiger partial charge on any atom is -0.370 e. The summed E-state index contributed by atoms with van der Waals surface area (Å²) in [5, 5.41) is 0.599. The van der Waals surface area contributed by atoms with Crippen molar-refractivity contribution in [2.24, 2.45) is 7.05 Å². The number of pyridine rings is 1. The molecule has 0 N–H and O–H groups in total. The Morgan fingerprint density at radius 1 is 1.10 bits per heavy atom. The normalized spacial score (nSPS) is 27.8. The SMILES string of the molecule is Cn1cc(C(=O)N2CCO[C@@]3(CCCC[C@@H]3N3CCCC3)C2)c(=O)c2ccccc21. The smallest absolute Gasteiger partial charge is 0.259 e. The number of aromatic nitrogens is 1. The summed E-state index contributed by atoms with van der Waals surface area (Å²) in [4.78, 5) is 31.1. The van der Waals surface area contributed by atoms with Crippen LogP contribution in [0.5, 0.6) is 0 Å². The number of para-hydroxylation sites is 1. The summed E-state index contributed by atoms with van der Waals surface area (Å²) in [6.07, 6.45) is 8.71. The van der Waals surface area contributed by atoms with Gasteiger partial charge in [0.15, 0.2) is 0 Å². The number of carbonyl (C=O) groups excluding carboxylic acids is 1. The second kappa shape index (κ2) is 7.82. The van der Waals surface area contributed by atoms with Crippen molar-refractivity contribution in [2.45, 2.75) is 50.2 Å². The molecule has 1 aromatic carbocycles. The van der Waals surface area contributed by atoms with E-state index in [1.54, 1.807) is 12.3 Å². The van der Waals surface area contributed by atoms with Crippen LogP contribution in [0.1, 0.15) is 48.9 Å². The third-order valence-electron chi connectivity index (χ3n) is 7.34. The standard InChI is InChI=1S/C24H31N3O3/c1-25-16-19(22(28)18-8-2-3-9-20(18)25)23(29)27-14-15-30-24(17-27)11-5-4-10-21(24)26-12-6-7-13-26/h2-3,8-9,16,21H,4-7,10-15,17H2,1H3/t21-,24-/m0/s1. The molecule has 3 fully saturated rings. The first-order valence-corrected chi connectivity index (χ1v) is 11.3. The molecule has 1 spiro atoms. The number of carbonyl (C=O) groups is 1. The number of nitrogens with zero attached hydrogens (tertiary/aromatic N) is 3. The lowest BCUT2D eigenvalue weighted by Gasteiger charge is -2.52. The van der Waals surface area contributed by atoms with Gasteiger partial charge in [-0.05, 0) is 50.9 Å². The number of amides is 1. The number of fused-ring (bicyclic) bond motifs is 1. The van der Waals surface area contributed by atoms with Gasteiger partial charge < -0.3 is 14.2 Å². The number of rotatable bonds is 2. The number of benzene rings is 1. The Kier molecular flexibility index (Phi) is 5.15. The minimum atomic E-state index is -0.293. The first-order valence-electron chi connectivity index (χ1n) is 11.3. The summed E-state index contributed by atoms with van der Waals surface area (Å²) < 4.78 is 8.34. The van der Waals surface area contributed by atoms with Gasteiger partial charge in [-0.15, -0.1) is 0 Å². The molecule has 2 atom stereocenters. The van der Waals surface area contributed by atoms with E-state index >= 15 is 0 Å². The highest BCUT2D eigenvalue weighted by Gasteiger charge is 2.48. The molecule has 1 aromatic heterocycles. The Hall–Kier alpha value is -2.18. The molecule has 2 aliphatic heterocycles. The number of aryl methyl sites for hydroxylation is 1. The van der Waals surface area contributed by atoms with Gasteiger partial charge in [0.25, 0.3) is 5.91 Å². The van der Waals surface area contributed by atoms with E-state index in [9.17, 15) is 9.59 Å². The van der Waals surface area contributed by atoms with E-state index in [0.717, 1.165) is 37.9 Å². The number of morpholine rings is 1. The Bertz CT molecular complexity index is 1010. The molecule has 6 nitrogen and oxygen atoms in total. The number of ether oxygens (including phenoxy) is 1. The largest absolute Gasteiger partial charge is 0.370 e. The zero-order chi connectivity index (χ0) is 20.7. The average Bonchev–Trinajstić information content (AvgIpc) is 3.31. The lowest BCUT2D eigenvalue weighted by Crippen LogP contribution is -2.64. The predicted octanol–water partition coefficient (Wildman–Crippen LogP) is 2.79. The Balaban J connectivity index is 1.46. The van der Waals surface area contributed by atoms with Gasteiger partial charge in [0.05, 0.1) is 18.7 Å². The summed E-state index contributed by atoms with van der Waals surface area (Å²) in [5.74, 6) is -0.158. The monoisotopic (exact) mass is 409 g/mol. The van der Waals surface area contributed by atoms with E-state index in [0.29, 0.717) is 31.1 Å². The Morgan fingerprint density at radius 2 is 1.90 bits per heavy atom. The third-order valence-corrected chi connectivity index (χ3v) is 7.34. The molecule has 160 valence electrons. The van der Waals surface area contributed by atoms with Gasteiger partial charge in [-0.1, -0.05) is 25.0 Å². The molecule has 2 saturated heterocycles. The summed E-state index contributed by atoms with van der Waals surface area (Å²) in [6.45, 7) is 3.94. The van der Waals surface area contributed by atoms with Gasteiger partial charge in [0, 0.05) is 31.2 Å². The molecule has 1 amide bonds. The number of likely N-dealkylation sites (tertiary alicyclic amines) is 1. The second-order valence-corrected chi connectivity index (χ2v) is 9.14. The summed E-state index contributed by atoms with van der Waals surface area (Å²) in [5.41, 5.74) is 0.646. The molecule has 0 unspecified atom stereocenters. The van der Waals surface area contributed by atoms with Crippen molar-refractivity contribution in [3.05, 3.63) is 46.2 Å². The topological polar surface area (TPSA) is 54.8 Å². The molecule has 30 heavy (non-hydrogen) atoms. The summed E-state index contributed by atoms with van der Waals surface area (Å²) in [6, 6.07) is 7.86. The van der Waals surface area contributed by atoms with Crippen molar-refractivity contribution in [1.82, 2.24) is 14.4 Å². The van der Waals surface area contributed by atoms with E-state index in [4.69, 9.17) is 4.74 Å². The third kappa shape index (κ3) is 3.26. The fraction of sp³-hybridized carbons (Fsp3) is 0.583. The van der Waals surface area contributed by atoms with Gasteiger partial charge in [-0.25, -0.2) is 0 Å². The zero-order valence-corrected chi connectivity index (χ0v) is 17.8. The molecule has 2 aromatic rings. The van der Waals surface area contributed by atoms with Crippen molar-refractivity contribution in [2.75, 3.05) is 32.8 Å². The highest BCUT2D eigenvalue weighted by Crippen LogP contribution is 2.39. The molecular weight excluding hydrogens is 378 g/mol. The quantitative estimate of drug-likeness (QED) is 0.765. The van der Waals surface area contributed by atoms with Crippen LogP contribution in [0.4, 0.5) is 0 Å². The molecule has 3 aliphatic rings. The van der Waals surface area contributed by atoms with E-state index in [1.807, 2.05) is 34.7 Å². The van der Waals surface area contributed by atoms with Crippen LogP contribution in [0.3, 0.4) is 0 Å². The first kappa shape index (κ1) is 19.8. The zero-order valence-electron chi connectivity index (χ0n) is 17.8. The van der Waals surface area contributed by atoms with Gasteiger partial charge >= 0.3 is 0 Å². The van der Waals surface area contributed by atoms with E-state index in [2.05, 4.69) is 4.90 Å². The molecule has 0 bridgehead atoms. The molecule has 0 radical (unpaired) electrons. The fourth-order valence-electron chi connectivity index (χ4n) is 5.86. The van der Waals surface area contributed by atoms with Crippen LogP contribution in [0.15, 0.2) is 35.3 Å². The average molecular weight is 410 g/mol. The van der Waals surface area contributed by atoms with Gasteiger partial charge in [-0.3, -0.25) is 14.5 Å². The molecule has 1 aliphatic carbocycles. The molecular formula is C24H31N3O3. The fourth-order valence-corrected chi connectivity index (χ4v) is 5.86. The summed E-state index contributed by atoms with van der Waals surface area (Å²) in [7, 11) is 1.89. The van der Waals surface area contributed by atoms with Crippen LogP contribution in [-0.4, -0.2) is 64.7 Å². The molecule has 3 heterocycles. The van der Waals surface area contributed by atoms with Gasteiger partial charge in [0.2, 0.25) is 5.43 Å². The molecule has 6 heteroatoms. The minimum absolute atomic E-state index is 0.158. The van der Waals surface area contributed by atoms with E-state index in [-0.39, 0.29) is 22.5 Å². The highest BCUT2D eigenvalue weighted by molar-refractivity contribution is 5.97. The van der Waals surface area contributed by atoms with Crippen molar-refractivity contribution >= 4 is 16.8 Å². The van der Waals surface area contributed by atoms with Crippen LogP contribution in [0, 0.1) is 0 Å². The lowest BCUT2D eigenvalue weighted by atomic mass is 9.78. The Morgan fingerprint density at radius 3 is 2.73 bits per heavy atom. The van der Waals surface area contributed by atoms with Crippen LogP contribution in [-0.2, 0) is 11.8 Å². The van der Waals surface area contributed by atoms with Crippen LogP contribution in [0.2, 0.25) is 0 Å². The van der Waals surface area contributed by atoms with Gasteiger partial charge in [0.1, 0.15) is 11.2 Å². The maximum atomic E-state index is 13.5. The van der Waals surface area contributed by atoms with Crippen LogP contribution < -0.4 is 5.43 Å². The van der Waals surface area contributed by atoms with Crippen molar-refractivity contribution < 1.29 is 9.53 Å². The maximum Gasteiger partial charge on any atom is 0.259 e. The maximum absolute atomic E-state index is 13.5. The van der Waals surface area contributed by atoms with Crippen molar-refractivity contribution in [3.63, 3.8) is 0 Å². The predicted molar refractivity (Wildman–Crippen MR) is 117 cm³/mol. The molecule has 5 rings (SSSR count). The number of hydrogen-bond donors (Lipinski definition) is 0. The first-order chi connectivity index (χ1) is 14.6. The lowest BCUT2D eigenvalue weighted by molar-refractivity contribution is -0.156.